The van der Waals surface area contributed by atoms with E-state index in [1.807, 2.05) is 0 Å². The lowest BCUT2D eigenvalue weighted by Crippen LogP contribution is -2.15. The molecule has 0 aliphatic heterocycles. The smallest absolute Gasteiger partial charge is 0.255 e. The third-order valence-corrected chi connectivity index (χ3v) is 5.94. The van der Waals surface area contributed by atoms with E-state index in [9.17, 15) is 18.0 Å². The minimum Gasteiger partial charge on any atom is -0.326 e. The molecule has 0 radical (unpaired) electrons. The van der Waals surface area contributed by atoms with Crippen molar-refractivity contribution in [3.8, 4) is 0 Å². The molecular weight excluding hydrogens is 352 g/mol. The van der Waals surface area contributed by atoms with Crippen molar-refractivity contribution in [3.63, 3.8) is 0 Å². The van der Waals surface area contributed by atoms with E-state index >= 15 is 0 Å². The number of rotatable bonds is 6. The summed E-state index contributed by atoms with van der Waals surface area (Å²) in [5.74, 6) is -0.235. The molecule has 0 heterocycles. The zero-order valence-electron chi connectivity index (χ0n) is 14.4. The van der Waals surface area contributed by atoms with Gasteiger partial charge in [-0.05, 0) is 55.3 Å². The number of nitrogens with one attached hydrogen (secondary N) is 2. The third-order valence-electron chi connectivity index (χ3n) is 4.19. The fraction of sp³-hybridized carbons (Fsp3) is 0.263. The minimum atomic E-state index is -3.29. The van der Waals surface area contributed by atoms with Crippen LogP contribution in [0.1, 0.15) is 30.1 Å². The molecule has 1 aliphatic rings. The number of carbonyl (C=O) groups is 2. The van der Waals surface area contributed by atoms with Crippen molar-refractivity contribution >= 4 is 33.0 Å². The van der Waals surface area contributed by atoms with Crippen LogP contribution >= 0.6 is 0 Å². The summed E-state index contributed by atoms with van der Waals surface area (Å²) in [6.07, 6.45) is 1.85. The SMILES string of the molecule is CCS(=O)(=O)c1ccc(C(=O)Nc2cccc(NC(=O)C3CC3)c2)cc1. The minimum absolute atomic E-state index is 0.00111. The van der Waals surface area contributed by atoms with Gasteiger partial charge in [-0.15, -0.1) is 0 Å². The molecule has 7 heteroatoms. The Hall–Kier alpha value is -2.67. The van der Waals surface area contributed by atoms with Gasteiger partial charge in [0.05, 0.1) is 10.6 Å². The Balaban J connectivity index is 1.68. The average Bonchev–Trinajstić information content (AvgIpc) is 3.47. The van der Waals surface area contributed by atoms with E-state index in [1.165, 1.54) is 24.3 Å². The highest BCUT2D eigenvalue weighted by Crippen LogP contribution is 2.30. The number of carbonyl (C=O) groups excluding carboxylic acids is 2. The van der Waals surface area contributed by atoms with Crippen molar-refractivity contribution in [1.29, 1.82) is 0 Å². The van der Waals surface area contributed by atoms with Gasteiger partial charge in [-0.25, -0.2) is 8.42 Å². The van der Waals surface area contributed by atoms with E-state index in [2.05, 4.69) is 10.6 Å². The Kier molecular flexibility index (Phi) is 5.08. The van der Waals surface area contributed by atoms with Gasteiger partial charge in [0, 0.05) is 22.9 Å². The molecule has 1 saturated carbocycles. The van der Waals surface area contributed by atoms with Gasteiger partial charge in [0.2, 0.25) is 5.91 Å². The standard InChI is InChI=1S/C19H20N2O4S/c1-2-26(24,25)17-10-8-14(9-11-17)19(23)21-16-5-3-4-15(12-16)20-18(22)13-6-7-13/h3-5,8-13H,2,6-7H2,1H3,(H,20,22)(H,21,23). The quantitative estimate of drug-likeness (QED) is 0.815. The number of hydrogen-bond acceptors (Lipinski definition) is 4. The number of hydrogen-bond donors (Lipinski definition) is 2. The molecule has 6 nitrogen and oxygen atoms in total. The molecule has 1 aliphatic carbocycles. The Bertz CT molecular complexity index is 932. The third kappa shape index (κ3) is 4.29. The summed E-state index contributed by atoms with van der Waals surface area (Å²) in [7, 11) is -3.29. The van der Waals surface area contributed by atoms with E-state index in [-0.39, 0.29) is 28.4 Å². The van der Waals surface area contributed by atoms with Gasteiger partial charge in [-0.2, -0.15) is 0 Å². The van der Waals surface area contributed by atoms with Crippen molar-refractivity contribution in [3.05, 3.63) is 54.1 Å². The molecule has 0 atom stereocenters. The molecule has 2 N–H and O–H groups in total. The summed E-state index contributed by atoms with van der Waals surface area (Å²) in [5.41, 5.74) is 1.53. The van der Waals surface area contributed by atoms with Crippen LogP contribution in [-0.4, -0.2) is 26.0 Å². The summed E-state index contributed by atoms with van der Waals surface area (Å²) in [6, 6.07) is 12.7. The zero-order valence-corrected chi connectivity index (χ0v) is 15.2. The Morgan fingerprint density at radius 2 is 1.62 bits per heavy atom. The van der Waals surface area contributed by atoms with Gasteiger partial charge >= 0.3 is 0 Å². The molecule has 2 amide bonds. The average molecular weight is 372 g/mol. The first-order chi connectivity index (χ1) is 12.4. The molecule has 1 fully saturated rings. The van der Waals surface area contributed by atoms with Gasteiger partial charge in [0.1, 0.15) is 0 Å². The van der Waals surface area contributed by atoms with Crippen LogP contribution in [0.2, 0.25) is 0 Å². The number of sulfone groups is 1. The number of amides is 2. The van der Waals surface area contributed by atoms with Crippen molar-refractivity contribution in [2.45, 2.75) is 24.7 Å². The Morgan fingerprint density at radius 3 is 2.19 bits per heavy atom. The summed E-state index contributed by atoms with van der Waals surface area (Å²) >= 11 is 0. The predicted octanol–water partition coefficient (Wildman–Crippen LogP) is 3.08. The zero-order chi connectivity index (χ0) is 18.7. The second-order valence-electron chi connectivity index (χ2n) is 6.23. The normalized spacial score (nSPS) is 13.9. The van der Waals surface area contributed by atoms with Gasteiger partial charge < -0.3 is 10.6 Å². The van der Waals surface area contributed by atoms with Crippen LogP contribution in [-0.2, 0) is 14.6 Å². The van der Waals surface area contributed by atoms with E-state index in [1.54, 1.807) is 31.2 Å². The van der Waals surface area contributed by atoms with E-state index < -0.39 is 9.84 Å². The highest BCUT2D eigenvalue weighted by Gasteiger charge is 2.29. The highest BCUT2D eigenvalue weighted by molar-refractivity contribution is 7.91. The second-order valence-corrected chi connectivity index (χ2v) is 8.50. The fourth-order valence-electron chi connectivity index (χ4n) is 2.45. The highest BCUT2D eigenvalue weighted by atomic mass is 32.2. The molecule has 0 unspecified atom stereocenters. The van der Waals surface area contributed by atoms with Crippen LogP contribution in [0.15, 0.2) is 53.4 Å². The van der Waals surface area contributed by atoms with Crippen LogP contribution in [0.5, 0.6) is 0 Å². The van der Waals surface area contributed by atoms with Gasteiger partial charge in [-0.3, -0.25) is 9.59 Å². The van der Waals surface area contributed by atoms with Crippen molar-refractivity contribution in [2.75, 3.05) is 16.4 Å². The summed E-state index contributed by atoms with van der Waals surface area (Å²) < 4.78 is 23.6. The molecule has 0 aromatic heterocycles. The molecule has 26 heavy (non-hydrogen) atoms. The number of anilines is 2. The molecule has 3 rings (SSSR count). The van der Waals surface area contributed by atoms with Crippen molar-refractivity contribution in [2.24, 2.45) is 5.92 Å². The van der Waals surface area contributed by atoms with E-state index in [0.29, 0.717) is 16.9 Å². The maximum atomic E-state index is 12.3. The largest absolute Gasteiger partial charge is 0.326 e. The van der Waals surface area contributed by atoms with Crippen LogP contribution < -0.4 is 10.6 Å². The first-order valence-corrected chi connectivity index (χ1v) is 10.1. The van der Waals surface area contributed by atoms with Gasteiger partial charge in [0.25, 0.3) is 5.91 Å². The maximum absolute atomic E-state index is 12.3. The summed E-state index contributed by atoms with van der Waals surface area (Å²) in [4.78, 5) is 24.4. The molecule has 0 spiro atoms. The monoisotopic (exact) mass is 372 g/mol. The van der Waals surface area contributed by atoms with E-state index in [4.69, 9.17) is 0 Å². The molecule has 136 valence electrons. The lowest BCUT2D eigenvalue weighted by molar-refractivity contribution is -0.117. The van der Waals surface area contributed by atoms with Crippen molar-refractivity contribution in [1.82, 2.24) is 0 Å². The van der Waals surface area contributed by atoms with Crippen LogP contribution in [0, 0.1) is 5.92 Å². The van der Waals surface area contributed by atoms with Crippen molar-refractivity contribution < 1.29 is 18.0 Å². The lowest BCUT2D eigenvalue weighted by atomic mass is 10.2. The maximum Gasteiger partial charge on any atom is 0.255 e. The Labute approximate surface area is 152 Å². The van der Waals surface area contributed by atoms with Gasteiger partial charge in [-0.1, -0.05) is 13.0 Å². The first-order valence-electron chi connectivity index (χ1n) is 8.44. The van der Waals surface area contributed by atoms with Gasteiger partial charge in [0.15, 0.2) is 9.84 Å². The molecule has 0 bridgehead atoms. The topological polar surface area (TPSA) is 92.3 Å². The van der Waals surface area contributed by atoms with Crippen LogP contribution in [0.4, 0.5) is 11.4 Å². The molecule has 0 saturated heterocycles. The van der Waals surface area contributed by atoms with Crippen LogP contribution in [0.3, 0.4) is 0 Å². The summed E-state index contributed by atoms with van der Waals surface area (Å²) in [6.45, 7) is 1.57. The predicted molar refractivity (Wildman–Crippen MR) is 99.9 cm³/mol. The first kappa shape index (κ1) is 18.1. The molecular formula is C19H20N2O4S. The second kappa shape index (κ2) is 7.29. The number of benzene rings is 2. The fourth-order valence-corrected chi connectivity index (χ4v) is 3.33. The molecule has 2 aromatic carbocycles. The Morgan fingerprint density at radius 1 is 1.00 bits per heavy atom. The van der Waals surface area contributed by atoms with E-state index in [0.717, 1.165) is 12.8 Å². The van der Waals surface area contributed by atoms with Crippen LogP contribution in [0.25, 0.3) is 0 Å². The lowest BCUT2D eigenvalue weighted by Gasteiger charge is -2.09. The molecule has 2 aromatic rings. The summed E-state index contributed by atoms with van der Waals surface area (Å²) in [5, 5.41) is 5.58.